The largest absolute Gasteiger partial charge is 0.392 e. The molecule has 1 unspecified atom stereocenters. The van der Waals surface area contributed by atoms with Crippen molar-refractivity contribution in [3.63, 3.8) is 0 Å². The number of nitrogens with two attached hydrogens (primary N) is 1. The molecule has 1 fully saturated rings. The second-order valence-electron chi connectivity index (χ2n) is 4.78. The summed E-state index contributed by atoms with van der Waals surface area (Å²) in [7, 11) is 1.56. The molecule has 1 aliphatic carbocycles. The summed E-state index contributed by atoms with van der Waals surface area (Å²) in [6, 6.07) is -0.615. The molecule has 2 amide bonds. The van der Waals surface area contributed by atoms with Gasteiger partial charge in [0.1, 0.15) is 6.04 Å². The number of rotatable bonds is 7. The van der Waals surface area contributed by atoms with Crippen molar-refractivity contribution in [2.45, 2.75) is 32.2 Å². The number of carbonyl (C=O) groups is 2. The maximum absolute atomic E-state index is 12.2. The van der Waals surface area contributed by atoms with E-state index in [0.717, 1.165) is 6.42 Å². The van der Waals surface area contributed by atoms with Gasteiger partial charge in [-0.1, -0.05) is 18.6 Å². The molecule has 108 valence electrons. The number of carbonyl (C=O) groups excluding carboxylic acids is 2. The van der Waals surface area contributed by atoms with Crippen LogP contribution in [0.5, 0.6) is 0 Å². The van der Waals surface area contributed by atoms with E-state index < -0.39 is 11.5 Å². The summed E-state index contributed by atoms with van der Waals surface area (Å²) in [6.45, 7) is 2.48. The van der Waals surface area contributed by atoms with E-state index in [9.17, 15) is 9.59 Å². The van der Waals surface area contributed by atoms with Crippen LogP contribution in [0.1, 0.15) is 26.2 Å². The predicted molar refractivity (Wildman–Crippen MR) is 75.6 cm³/mol. The average Bonchev–Trinajstić information content (AvgIpc) is 2.26. The highest BCUT2D eigenvalue weighted by molar-refractivity contribution is 7.80. The lowest BCUT2D eigenvalue weighted by Gasteiger charge is -2.39. The van der Waals surface area contributed by atoms with Crippen LogP contribution in [0.25, 0.3) is 0 Å². The summed E-state index contributed by atoms with van der Waals surface area (Å²) in [4.78, 5) is 24.1. The molecule has 0 aromatic heterocycles. The Hall–Kier alpha value is -1.21. The summed E-state index contributed by atoms with van der Waals surface area (Å²) in [5, 5.41) is 5.33. The van der Waals surface area contributed by atoms with Gasteiger partial charge >= 0.3 is 0 Å². The second kappa shape index (κ2) is 6.81. The smallest absolute Gasteiger partial charge is 0.242 e. The topological polar surface area (TPSA) is 93.5 Å². The minimum atomic E-state index is -0.754. The van der Waals surface area contributed by atoms with Gasteiger partial charge in [-0.25, -0.2) is 0 Å². The van der Waals surface area contributed by atoms with Crippen LogP contribution in [-0.2, 0) is 14.3 Å². The van der Waals surface area contributed by atoms with E-state index in [1.54, 1.807) is 14.0 Å². The highest BCUT2D eigenvalue weighted by Gasteiger charge is 2.47. The Morgan fingerprint density at radius 2 is 2.11 bits per heavy atom. The standard InChI is InChI=1S/C12H21N3O3S/c1-8(9(16)14-6-7-18-2)15-11(17)12(10(13)19)4-3-5-12/h8H,3-7H2,1-2H3,(H2,13,19)(H,14,16)(H,15,17). The van der Waals surface area contributed by atoms with Crippen molar-refractivity contribution in [2.75, 3.05) is 20.3 Å². The fourth-order valence-electron chi connectivity index (χ4n) is 1.95. The molecule has 1 aliphatic rings. The molecule has 0 spiro atoms. The Morgan fingerprint density at radius 1 is 1.47 bits per heavy atom. The van der Waals surface area contributed by atoms with Crippen molar-refractivity contribution < 1.29 is 14.3 Å². The summed E-state index contributed by atoms with van der Waals surface area (Å²) in [6.07, 6.45) is 2.25. The first-order valence-electron chi connectivity index (χ1n) is 6.31. The zero-order valence-corrected chi connectivity index (χ0v) is 12.1. The minimum Gasteiger partial charge on any atom is -0.392 e. The SMILES string of the molecule is COCCNC(=O)C(C)NC(=O)C1(C(N)=S)CCC1. The van der Waals surface area contributed by atoms with E-state index in [1.165, 1.54) is 0 Å². The number of thiocarbonyl (C=S) groups is 1. The van der Waals surface area contributed by atoms with Gasteiger partial charge in [0.05, 0.1) is 17.0 Å². The van der Waals surface area contributed by atoms with Crippen LogP contribution in [0.2, 0.25) is 0 Å². The Bertz CT molecular complexity index is 369. The van der Waals surface area contributed by atoms with E-state index in [2.05, 4.69) is 10.6 Å². The van der Waals surface area contributed by atoms with Crippen molar-refractivity contribution in [1.29, 1.82) is 0 Å². The van der Waals surface area contributed by atoms with E-state index in [4.69, 9.17) is 22.7 Å². The molecule has 0 aromatic rings. The first kappa shape index (κ1) is 15.8. The van der Waals surface area contributed by atoms with Gasteiger partial charge in [0.2, 0.25) is 11.8 Å². The highest BCUT2D eigenvalue weighted by Crippen LogP contribution is 2.41. The first-order valence-corrected chi connectivity index (χ1v) is 6.72. The number of methoxy groups -OCH3 is 1. The van der Waals surface area contributed by atoms with E-state index in [0.29, 0.717) is 26.0 Å². The quantitative estimate of drug-likeness (QED) is 0.442. The molecule has 0 radical (unpaired) electrons. The summed E-state index contributed by atoms with van der Waals surface area (Å²) in [5.41, 5.74) is 4.88. The molecule has 1 rings (SSSR count). The second-order valence-corrected chi connectivity index (χ2v) is 5.22. The maximum Gasteiger partial charge on any atom is 0.242 e. The molecule has 6 nitrogen and oxygen atoms in total. The number of hydrogen-bond donors (Lipinski definition) is 3. The van der Waals surface area contributed by atoms with Crippen molar-refractivity contribution in [3.05, 3.63) is 0 Å². The van der Waals surface area contributed by atoms with Crippen molar-refractivity contribution in [2.24, 2.45) is 11.1 Å². The molecule has 1 saturated carbocycles. The fourth-order valence-corrected chi connectivity index (χ4v) is 2.24. The third-order valence-corrected chi connectivity index (χ3v) is 3.85. The van der Waals surface area contributed by atoms with Crippen molar-refractivity contribution >= 4 is 29.0 Å². The summed E-state index contributed by atoms with van der Waals surface area (Å²) < 4.78 is 4.83. The van der Waals surface area contributed by atoms with Gasteiger partial charge in [0, 0.05) is 13.7 Å². The normalized spacial score (nSPS) is 18.0. The molecule has 1 atom stereocenters. The van der Waals surface area contributed by atoms with Crippen molar-refractivity contribution in [1.82, 2.24) is 10.6 Å². The third-order valence-electron chi connectivity index (χ3n) is 3.46. The van der Waals surface area contributed by atoms with Gasteiger partial charge in [-0.15, -0.1) is 0 Å². The highest BCUT2D eigenvalue weighted by atomic mass is 32.1. The molecule has 0 heterocycles. The molecule has 0 aliphatic heterocycles. The van der Waals surface area contributed by atoms with Gasteiger partial charge in [-0.3, -0.25) is 9.59 Å². The lowest BCUT2D eigenvalue weighted by Crippen LogP contribution is -2.57. The Kier molecular flexibility index (Phi) is 5.68. The van der Waals surface area contributed by atoms with Crippen LogP contribution in [0.3, 0.4) is 0 Å². The third kappa shape index (κ3) is 3.63. The lowest BCUT2D eigenvalue weighted by atomic mass is 9.68. The van der Waals surface area contributed by atoms with Crippen LogP contribution in [0.4, 0.5) is 0 Å². The van der Waals surface area contributed by atoms with Crippen LogP contribution in [0, 0.1) is 5.41 Å². The number of ether oxygens (including phenoxy) is 1. The number of hydrogen-bond acceptors (Lipinski definition) is 4. The summed E-state index contributed by atoms with van der Waals surface area (Å²) >= 11 is 4.96. The molecule has 7 heteroatoms. The van der Waals surface area contributed by atoms with Gasteiger partial charge in [0.15, 0.2) is 0 Å². The summed E-state index contributed by atoms with van der Waals surface area (Å²) in [5.74, 6) is -0.497. The van der Waals surface area contributed by atoms with Crippen LogP contribution >= 0.6 is 12.2 Å². The molecule has 0 saturated heterocycles. The minimum absolute atomic E-state index is 0.211. The van der Waals surface area contributed by atoms with Gasteiger partial charge in [-0.05, 0) is 19.8 Å². The van der Waals surface area contributed by atoms with Gasteiger partial charge in [-0.2, -0.15) is 0 Å². The Labute approximate surface area is 118 Å². The first-order chi connectivity index (χ1) is 8.94. The lowest BCUT2D eigenvalue weighted by molar-refractivity contribution is -0.135. The van der Waals surface area contributed by atoms with E-state index >= 15 is 0 Å². The van der Waals surface area contributed by atoms with Crippen LogP contribution in [-0.4, -0.2) is 43.1 Å². The zero-order chi connectivity index (χ0) is 14.5. The zero-order valence-electron chi connectivity index (χ0n) is 11.3. The number of amides is 2. The van der Waals surface area contributed by atoms with Gasteiger partial charge in [0.25, 0.3) is 0 Å². The number of nitrogens with one attached hydrogen (secondary N) is 2. The van der Waals surface area contributed by atoms with Crippen molar-refractivity contribution in [3.8, 4) is 0 Å². The monoisotopic (exact) mass is 287 g/mol. The van der Waals surface area contributed by atoms with E-state index in [-0.39, 0.29) is 16.8 Å². The van der Waals surface area contributed by atoms with E-state index in [1.807, 2.05) is 0 Å². The molecule has 0 aromatic carbocycles. The predicted octanol–water partition coefficient (Wildman–Crippen LogP) is -0.290. The molecular formula is C12H21N3O3S. The maximum atomic E-state index is 12.2. The molecule has 19 heavy (non-hydrogen) atoms. The van der Waals surface area contributed by atoms with Crippen LogP contribution in [0.15, 0.2) is 0 Å². The molecule has 4 N–H and O–H groups in total. The Morgan fingerprint density at radius 3 is 2.53 bits per heavy atom. The molecular weight excluding hydrogens is 266 g/mol. The Balaban J connectivity index is 2.47. The molecule has 0 bridgehead atoms. The van der Waals surface area contributed by atoms with Gasteiger partial charge < -0.3 is 21.1 Å². The van der Waals surface area contributed by atoms with Crippen LogP contribution < -0.4 is 16.4 Å². The average molecular weight is 287 g/mol. The fraction of sp³-hybridized carbons (Fsp3) is 0.750.